The number of hydrogen-bond donors (Lipinski definition) is 4. The summed E-state index contributed by atoms with van der Waals surface area (Å²) < 4.78 is 0. The van der Waals surface area contributed by atoms with Gasteiger partial charge in [0.05, 0.1) is 0 Å². The summed E-state index contributed by atoms with van der Waals surface area (Å²) in [5.41, 5.74) is -1.83. The molecule has 8 amide bonds. The Morgan fingerprint density at radius 1 is 0.600 bits per heavy atom. The van der Waals surface area contributed by atoms with Gasteiger partial charge in [0.1, 0.15) is 10.8 Å². The molecule has 0 bridgehead atoms. The summed E-state index contributed by atoms with van der Waals surface area (Å²) in [6.07, 6.45) is 0.237. The molecule has 10 heteroatoms. The van der Waals surface area contributed by atoms with E-state index in [0.29, 0.717) is 11.1 Å². The minimum Gasteiger partial charge on any atom is -0.277 e. The lowest BCUT2D eigenvalue weighted by Gasteiger charge is -2.35. The van der Waals surface area contributed by atoms with E-state index in [1.807, 2.05) is 0 Å². The molecule has 0 unspecified atom stereocenters. The largest absolute Gasteiger partial charge is 0.328 e. The van der Waals surface area contributed by atoms with Crippen LogP contribution in [-0.2, 0) is 32.0 Å². The van der Waals surface area contributed by atoms with E-state index < -0.39 is 46.5 Å². The Balaban J connectivity index is 1.98. The summed E-state index contributed by atoms with van der Waals surface area (Å²) in [6, 6.07) is 5.11. The van der Waals surface area contributed by atoms with Crippen molar-refractivity contribution in [3.63, 3.8) is 0 Å². The first-order chi connectivity index (χ1) is 14.2. The van der Waals surface area contributed by atoms with Gasteiger partial charge in [-0.25, -0.2) is 9.59 Å². The van der Waals surface area contributed by atoms with Crippen molar-refractivity contribution in [3.05, 3.63) is 35.4 Å². The molecule has 0 radical (unpaired) electrons. The van der Waals surface area contributed by atoms with E-state index in [9.17, 15) is 28.8 Å². The molecular formula is C20H22N4O6. The number of carbonyl (C=O) groups is 6. The third-order valence-corrected chi connectivity index (χ3v) is 5.96. The Labute approximate surface area is 172 Å². The van der Waals surface area contributed by atoms with E-state index in [0.717, 1.165) is 0 Å². The number of carbonyl (C=O) groups excluding carboxylic acids is 6. The molecule has 1 aromatic carbocycles. The zero-order valence-corrected chi connectivity index (χ0v) is 16.6. The third-order valence-electron chi connectivity index (χ3n) is 5.96. The smallest absolute Gasteiger partial charge is 0.277 e. The van der Waals surface area contributed by atoms with Gasteiger partial charge in [0.2, 0.25) is 23.6 Å². The molecular weight excluding hydrogens is 392 g/mol. The normalized spacial score (nSPS) is 20.2. The molecule has 2 fully saturated rings. The van der Waals surface area contributed by atoms with E-state index in [2.05, 4.69) is 21.3 Å². The van der Waals surface area contributed by atoms with Gasteiger partial charge >= 0.3 is 12.1 Å². The lowest BCUT2D eigenvalue weighted by atomic mass is 9.72. The first-order valence-electron chi connectivity index (χ1n) is 9.59. The van der Waals surface area contributed by atoms with Crippen molar-refractivity contribution in [2.75, 3.05) is 0 Å². The van der Waals surface area contributed by atoms with Crippen LogP contribution in [0.2, 0.25) is 0 Å². The zero-order valence-electron chi connectivity index (χ0n) is 16.6. The van der Waals surface area contributed by atoms with Crippen LogP contribution < -0.4 is 21.3 Å². The van der Waals surface area contributed by atoms with Crippen LogP contribution in [0.4, 0.5) is 9.59 Å². The topological polar surface area (TPSA) is 151 Å². The van der Waals surface area contributed by atoms with Crippen LogP contribution in [0.1, 0.15) is 37.8 Å². The highest BCUT2D eigenvalue weighted by molar-refractivity contribution is 6.20. The molecule has 10 nitrogen and oxygen atoms in total. The van der Waals surface area contributed by atoms with Gasteiger partial charge in [-0.15, -0.1) is 0 Å². The second-order valence-corrected chi connectivity index (χ2v) is 7.47. The van der Waals surface area contributed by atoms with Crippen molar-refractivity contribution in [1.29, 1.82) is 0 Å². The number of hydrogen-bond acceptors (Lipinski definition) is 6. The van der Waals surface area contributed by atoms with Gasteiger partial charge in [-0.05, 0) is 36.8 Å². The van der Waals surface area contributed by atoms with E-state index in [1.165, 1.54) is 0 Å². The summed E-state index contributed by atoms with van der Waals surface area (Å²) in [7, 11) is 0. The highest BCUT2D eigenvalue weighted by atomic mass is 16.2. The number of benzene rings is 1. The molecule has 2 aliphatic rings. The maximum absolute atomic E-state index is 12.6. The van der Waals surface area contributed by atoms with E-state index in [-0.39, 0.29) is 25.7 Å². The van der Waals surface area contributed by atoms with Gasteiger partial charge in [0, 0.05) is 0 Å². The standard InChI is InChI=1S/C20H22N4O6/c1-3-19(13(25)21-17(29)22-14(19)26)9-11-7-5-6-8-12(11)10-20(4-2)15(27)23-18(30)24-16(20)28/h5-8H,3-4,9-10H2,1-2H3,(H2,21,22,25,26,29)(H2,23,24,27,28,30). The van der Waals surface area contributed by atoms with Gasteiger partial charge < -0.3 is 0 Å². The Morgan fingerprint density at radius 3 is 1.17 bits per heavy atom. The van der Waals surface area contributed by atoms with Gasteiger partial charge in [-0.2, -0.15) is 0 Å². The second kappa shape index (κ2) is 7.69. The molecule has 0 spiro atoms. The molecule has 2 heterocycles. The molecule has 0 atom stereocenters. The highest BCUT2D eigenvalue weighted by Gasteiger charge is 2.51. The molecule has 158 valence electrons. The fourth-order valence-corrected chi connectivity index (χ4v) is 3.93. The number of amides is 8. The molecule has 0 aromatic heterocycles. The van der Waals surface area contributed by atoms with Crippen LogP contribution in [0.3, 0.4) is 0 Å². The Kier molecular flexibility index (Phi) is 5.43. The van der Waals surface area contributed by atoms with Gasteiger partial charge in [-0.3, -0.25) is 40.4 Å². The summed E-state index contributed by atoms with van der Waals surface area (Å²) in [5.74, 6) is -2.79. The zero-order chi connectivity index (χ0) is 22.1. The monoisotopic (exact) mass is 414 g/mol. The first-order valence-corrected chi connectivity index (χ1v) is 9.59. The molecule has 4 N–H and O–H groups in total. The molecule has 2 aliphatic heterocycles. The quantitative estimate of drug-likeness (QED) is 0.492. The predicted molar refractivity (Wildman–Crippen MR) is 103 cm³/mol. The molecule has 30 heavy (non-hydrogen) atoms. The second-order valence-electron chi connectivity index (χ2n) is 7.47. The van der Waals surface area contributed by atoms with Crippen LogP contribution in [0, 0.1) is 10.8 Å². The number of nitrogens with one attached hydrogen (secondary N) is 4. The molecule has 0 aliphatic carbocycles. The summed E-state index contributed by atoms with van der Waals surface area (Å²) in [6.45, 7) is 3.33. The lowest BCUT2D eigenvalue weighted by Crippen LogP contribution is -2.63. The molecule has 2 saturated heterocycles. The van der Waals surface area contributed by atoms with Gasteiger partial charge in [0.25, 0.3) is 0 Å². The van der Waals surface area contributed by atoms with Crippen molar-refractivity contribution in [1.82, 2.24) is 21.3 Å². The lowest BCUT2D eigenvalue weighted by molar-refractivity contribution is -0.146. The highest BCUT2D eigenvalue weighted by Crippen LogP contribution is 2.35. The number of urea groups is 2. The molecule has 1 aromatic rings. The maximum Gasteiger partial charge on any atom is 0.328 e. The van der Waals surface area contributed by atoms with Crippen LogP contribution in [-0.4, -0.2) is 35.7 Å². The van der Waals surface area contributed by atoms with Crippen LogP contribution in [0.25, 0.3) is 0 Å². The fraction of sp³-hybridized carbons (Fsp3) is 0.400. The first kappa shape index (κ1) is 21.2. The van der Waals surface area contributed by atoms with Crippen molar-refractivity contribution in [3.8, 4) is 0 Å². The molecule has 0 saturated carbocycles. The van der Waals surface area contributed by atoms with Gasteiger partial charge in [-0.1, -0.05) is 38.1 Å². The summed E-state index contributed by atoms with van der Waals surface area (Å²) >= 11 is 0. The summed E-state index contributed by atoms with van der Waals surface area (Å²) in [5, 5.41) is 8.54. The Morgan fingerprint density at radius 2 is 0.900 bits per heavy atom. The fourth-order valence-electron chi connectivity index (χ4n) is 3.93. The Bertz CT molecular complexity index is 853. The van der Waals surface area contributed by atoms with E-state index in [1.54, 1.807) is 38.1 Å². The van der Waals surface area contributed by atoms with Crippen LogP contribution >= 0.6 is 0 Å². The van der Waals surface area contributed by atoms with Crippen molar-refractivity contribution < 1.29 is 28.8 Å². The Hall–Kier alpha value is -3.56. The number of barbiturate groups is 2. The minimum atomic E-state index is -1.50. The molecule has 3 rings (SSSR count). The van der Waals surface area contributed by atoms with Crippen LogP contribution in [0.5, 0.6) is 0 Å². The number of rotatable bonds is 6. The van der Waals surface area contributed by atoms with Gasteiger partial charge in [0.15, 0.2) is 0 Å². The average Bonchev–Trinajstić information content (AvgIpc) is 2.68. The van der Waals surface area contributed by atoms with Crippen molar-refractivity contribution in [2.45, 2.75) is 39.5 Å². The minimum absolute atomic E-state index is 0.0212. The predicted octanol–water partition coefficient (Wildman–Crippen LogP) is 0.296. The summed E-state index contributed by atoms with van der Waals surface area (Å²) in [4.78, 5) is 73.2. The average molecular weight is 414 g/mol. The van der Waals surface area contributed by atoms with Crippen LogP contribution in [0.15, 0.2) is 24.3 Å². The maximum atomic E-state index is 12.6. The van der Waals surface area contributed by atoms with Crippen molar-refractivity contribution in [2.24, 2.45) is 10.8 Å². The van der Waals surface area contributed by atoms with E-state index >= 15 is 0 Å². The number of imide groups is 4. The third kappa shape index (κ3) is 3.34. The van der Waals surface area contributed by atoms with E-state index in [4.69, 9.17) is 0 Å². The van der Waals surface area contributed by atoms with Crippen molar-refractivity contribution >= 4 is 35.7 Å². The SMILES string of the molecule is CCC1(Cc2ccccc2CC2(CC)C(=O)NC(=O)NC2=O)C(=O)NC(=O)NC1=O.